The third kappa shape index (κ3) is 3.59. The molecule has 0 aromatic heterocycles. The quantitative estimate of drug-likeness (QED) is 0.844. The van der Waals surface area contributed by atoms with E-state index < -0.39 is 5.97 Å². The molecule has 0 aliphatic heterocycles. The minimum absolute atomic E-state index is 0.126. The summed E-state index contributed by atoms with van der Waals surface area (Å²) in [6.45, 7) is 1.77. The number of esters is 1. The normalized spacial score (nSPS) is 25.8. The molecule has 0 heterocycles. The van der Waals surface area contributed by atoms with Gasteiger partial charge in [-0.2, -0.15) is 5.26 Å². The van der Waals surface area contributed by atoms with Gasteiger partial charge in [-0.1, -0.05) is 6.42 Å². The van der Waals surface area contributed by atoms with Crippen molar-refractivity contribution in [1.82, 2.24) is 5.32 Å². The van der Waals surface area contributed by atoms with E-state index in [1.807, 2.05) is 13.0 Å². The Bertz CT molecular complexity index is 662. The van der Waals surface area contributed by atoms with Gasteiger partial charge in [0.05, 0.1) is 17.2 Å². The average Bonchev–Trinajstić information content (AvgIpc) is 3.23. The van der Waals surface area contributed by atoms with Crippen LogP contribution in [-0.4, -0.2) is 24.5 Å². The highest BCUT2D eigenvalue weighted by molar-refractivity contribution is 5.91. The van der Waals surface area contributed by atoms with E-state index in [-0.39, 0.29) is 18.6 Å². The lowest BCUT2D eigenvalue weighted by Crippen LogP contribution is -2.42. The van der Waals surface area contributed by atoms with Crippen LogP contribution in [0.4, 0.5) is 0 Å². The molecule has 4 atom stereocenters. The van der Waals surface area contributed by atoms with Crippen LogP contribution in [0.15, 0.2) is 24.3 Å². The second kappa shape index (κ2) is 7.04. The smallest absolute Gasteiger partial charge is 0.338 e. The lowest BCUT2D eigenvalue weighted by atomic mass is 9.84. The number of carbonyl (C=O) groups excluding carboxylic acids is 2. The topological polar surface area (TPSA) is 79.2 Å². The molecule has 2 fully saturated rings. The summed E-state index contributed by atoms with van der Waals surface area (Å²) in [4.78, 5) is 23.9. The largest absolute Gasteiger partial charge is 0.452 e. The first kappa shape index (κ1) is 16.5. The monoisotopic (exact) mass is 326 g/mol. The van der Waals surface area contributed by atoms with Crippen LogP contribution in [0, 0.1) is 29.1 Å². The van der Waals surface area contributed by atoms with E-state index in [4.69, 9.17) is 10.00 Å². The van der Waals surface area contributed by atoms with Crippen molar-refractivity contribution in [3.8, 4) is 6.07 Å². The fourth-order valence-corrected chi connectivity index (χ4v) is 4.20. The second-order valence-corrected chi connectivity index (χ2v) is 6.96. The molecule has 1 amide bonds. The van der Waals surface area contributed by atoms with E-state index in [1.54, 1.807) is 12.1 Å². The highest BCUT2D eigenvalue weighted by Gasteiger charge is 2.42. The number of rotatable bonds is 5. The molecule has 0 unspecified atom stereocenters. The average molecular weight is 326 g/mol. The van der Waals surface area contributed by atoms with E-state index >= 15 is 0 Å². The second-order valence-electron chi connectivity index (χ2n) is 6.96. The fourth-order valence-electron chi connectivity index (χ4n) is 4.20. The Labute approximate surface area is 142 Å². The number of ether oxygens (including phenoxy) is 1. The number of nitrogens with zero attached hydrogens (tertiary/aromatic N) is 1. The number of benzene rings is 1. The minimum Gasteiger partial charge on any atom is -0.452 e. The van der Waals surface area contributed by atoms with Crippen molar-refractivity contribution in [1.29, 1.82) is 5.26 Å². The van der Waals surface area contributed by atoms with E-state index in [9.17, 15) is 9.59 Å². The molecule has 126 valence electrons. The zero-order chi connectivity index (χ0) is 17.1. The summed E-state index contributed by atoms with van der Waals surface area (Å²) < 4.78 is 5.05. The highest BCUT2D eigenvalue weighted by atomic mass is 16.5. The molecule has 24 heavy (non-hydrogen) atoms. The van der Waals surface area contributed by atoms with Gasteiger partial charge in [-0.15, -0.1) is 0 Å². The van der Waals surface area contributed by atoms with Gasteiger partial charge < -0.3 is 10.1 Å². The van der Waals surface area contributed by atoms with Gasteiger partial charge in [-0.3, -0.25) is 4.79 Å². The Kier molecular flexibility index (Phi) is 4.84. The Morgan fingerprint density at radius 2 is 2.04 bits per heavy atom. The van der Waals surface area contributed by atoms with Crippen LogP contribution in [0.25, 0.3) is 0 Å². The summed E-state index contributed by atoms with van der Waals surface area (Å²) in [5, 5.41) is 11.7. The number of fused-ring (bicyclic) bond motifs is 2. The van der Waals surface area contributed by atoms with Gasteiger partial charge >= 0.3 is 5.97 Å². The fraction of sp³-hybridized carbons (Fsp3) is 0.526. The molecule has 2 aliphatic rings. The molecule has 3 rings (SSSR count). The van der Waals surface area contributed by atoms with Gasteiger partial charge in [0.1, 0.15) is 0 Å². The number of hydrogen-bond acceptors (Lipinski definition) is 4. The van der Waals surface area contributed by atoms with Crippen molar-refractivity contribution in [2.45, 2.75) is 38.6 Å². The van der Waals surface area contributed by atoms with Gasteiger partial charge in [0, 0.05) is 6.04 Å². The maximum Gasteiger partial charge on any atom is 0.338 e. The molecule has 2 bridgehead atoms. The third-order valence-corrected chi connectivity index (χ3v) is 5.41. The molecule has 5 nitrogen and oxygen atoms in total. The van der Waals surface area contributed by atoms with Gasteiger partial charge in [-0.25, -0.2) is 4.79 Å². The number of nitriles is 1. The molecule has 1 N–H and O–H groups in total. The van der Waals surface area contributed by atoms with Gasteiger partial charge in [0.25, 0.3) is 5.91 Å². The third-order valence-electron chi connectivity index (χ3n) is 5.41. The first-order chi connectivity index (χ1) is 11.6. The van der Waals surface area contributed by atoms with Crippen LogP contribution in [0.5, 0.6) is 0 Å². The summed E-state index contributed by atoms with van der Waals surface area (Å²) in [5.41, 5.74) is 0.812. The van der Waals surface area contributed by atoms with E-state index in [0.717, 1.165) is 11.8 Å². The van der Waals surface area contributed by atoms with E-state index in [0.29, 0.717) is 17.0 Å². The number of amides is 1. The van der Waals surface area contributed by atoms with Gasteiger partial charge in [0.2, 0.25) is 0 Å². The number of carbonyl (C=O) groups is 2. The Hall–Kier alpha value is -2.35. The molecule has 5 heteroatoms. The Balaban J connectivity index is 1.45. The predicted molar refractivity (Wildman–Crippen MR) is 88.0 cm³/mol. The molecule has 1 aromatic rings. The molecule has 2 aliphatic carbocycles. The first-order valence-electron chi connectivity index (χ1n) is 8.53. The summed E-state index contributed by atoms with van der Waals surface area (Å²) >= 11 is 0. The maximum atomic E-state index is 12.0. The molecule has 0 radical (unpaired) electrons. The Morgan fingerprint density at radius 3 is 2.62 bits per heavy atom. The molecular formula is C19H22N2O3. The Morgan fingerprint density at radius 1 is 1.29 bits per heavy atom. The van der Waals surface area contributed by atoms with Gasteiger partial charge in [0.15, 0.2) is 6.61 Å². The standard InChI is InChI=1S/C19H22N2O3/c1-12(17-9-14-4-7-16(17)8-14)21-18(22)11-24-19(23)15-5-2-13(10-20)3-6-15/h2-3,5-6,12,14,16-17H,4,7-9,11H2,1H3,(H,21,22)/t12-,14+,16-,17+/m0/s1. The van der Waals surface area contributed by atoms with E-state index in [1.165, 1.54) is 37.8 Å². The lowest BCUT2D eigenvalue weighted by molar-refractivity contribution is -0.125. The van der Waals surface area contributed by atoms with Crippen LogP contribution in [0.3, 0.4) is 0 Å². The van der Waals surface area contributed by atoms with Crippen molar-refractivity contribution in [2.75, 3.05) is 6.61 Å². The minimum atomic E-state index is -0.554. The van der Waals surface area contributed by atoms with Crippen molar-refractivity contribution >= 4 is 11.9 Å². The molecule has 0 spiro atoms. The highest BCUT2D eigenvalue weighted by Crippen LogP contribution is 2.49. The molecule has 1 aromatic carbocycles. The summed E-state index contributed by atoms with van der Waals surface area (Å²) in [5.74, 6) is 1.33. The van der Waals surface area contributed by atoms with Crippen LogP contribution in [0.1, 0.15) is 48.5 Å². The lowest BCUT2D eigenvalue weighted by Gasteiger charge is -2.28. The van der Waals surface area contributed by atoms with Crippen molar-refractivity contribution in [2.24, 2.45) is 17.8 Å². The van der Waals surface area contributed by atoms with Crippen molar-refractivity contribution in [3.63, 3.8) is 0 Å². The van der Waals surface area contributed by atoms with Crippen LogP contribution in [-0.2, 0) is 9.53 Å². The number of nitrogens with one attached hydrogen (secondary N) is 1. The van der Waals surface area contributed by atoms with Crippen LogP contribution in [0.2, 0.25) is 0 Å². The van der Waals surface area contributed by atoms with E-state index in [2.05, 4.69) is 5.32 Å². The summed E-state index contributed by atoms with van der Waals surface area (Å²) in [6.07, 6.45) is 5.13. The van der Waals surface area contributed by atoms with Crippen LogP contribution >= 0.6 is 0 Å². The molecular weight excluding hydrogens is 304 g/mol. The predicted octanol–water partition coefficient (Wildman–Crippen LogP) is 2.66. The van der Waals surface area contributed by atoms with Crippen molar-refractivity contribution < 1.29 is 14.3 Å². The van der Waals surface area contributed by atoms with Crippen molar-refractivity contribution in [3.05, 3.63) is 35.4 Å². The first-order valence-corrected chi connectivity index (χ1v) is 8.53. The zero-order valence-corrected chi connectivity index (χ0v) is 13.8. The van der Waals surface area contributed by atoms with Gasteiger partial charge in [-0.05, 0) is 68.2 Å². The number of hydrogen-bond donors (Lipinski definition) is 1. The zero-order valence-electron chi connectivity index (χ0n) is 13.8. The maximum absolute atomic E-state index is 12.0. The van der Waals surface area contributed by atoms with Crippen LogP contribution < -0.4 is 5.32 Å². The molecule has 0 saturated heterocycles. The molecule has 2 saturated carbocycles. The SMILES string of the molecule is C[C@H](NC(=O)COC(=O)c1ccc(C#N)cc1)[C@H]1C[C@@H]2CC[C@H]1C2. The summed E-state index contributed by atoms with van der Waals surface area (Å²) in [7, 11) is 0. The summed E-state index contributed by atoms with van der Waals surface area (Å²) in [6, 6.07) is 8.26.